The zero-order valence-electron chi connectivity index (χ0n) is 16.2. The van der Waals surface area contributed by atoms with Crippen molar-refractivity contribution in [3.8, 4) is 5.75 Å². The Balaban J connectivity index is 1.44. The van der Waals surface area contributed by atoms with Gasteiger partial charge in [0.05, 0.1) is 10.7 Å². The molecule has 0 unspecified atom stereocenters. The molecule has 0 saturated heterocycles. The smallest absolute Gasteiger partial charge is 0.138 e. The molecule has 3 aromatic carbocycles. The number of hydrogen-bond acceptors (Lipinski definition) is 3. The molecular weight excluding hydrogens is 495 g/mol. The van der Waals surface area contributed by atoms with E-state index in [1.165, 1.54) is 20.4 Å². The average Bonchev–Trinajstić information content (AvgIpc) is 2.99. The first-order valence-corrected chi connectivity index (χ1v) is 11.4. The third-order valence-electron chi connectivity index (χ3n) is 5.18. The lowest BCUT2D eigenvalue weighted by atomic mass is 10.0. The normalized spacial score (nSPS) is 13.4. The number of hydrogen-bond donors (Lipinski definition) is 2. The molecule has 4 rings (SSSR count). The maximum atomic E-state index is 6.48. The molecule has 29 heavy (non-hydrogen) atoms. The Bertz CT molecular complexity index is 978. The first kappa shape index (κ1) is 20.5. The Morgan fingerprint density at radius 3 is 2.62 bits per heavy atom. The number of anilines is 1. The lowest BCUT2D eigenvalue weighted by Gasteiger charge is -2.17. The van der Waals surface area contributed by atoms with Crippen LogP contribution < -0.4 is 15.4 Å². The molecule has 0 atom stereocenters. The van der Waals surface area contributed by atoms with Gasteiger partial charge >= 0.3 is 0 Å². The monoisotopic (exact) mass is 518 g/mol. The van der Waals surface area contributed by atoms with Crippen LogP contribution in [0, 0.1) is 3.57 Å². The third kappa shape index (κ3) is 5.24. The van der Waals surface area contributed by atoms with Crippen molar-refractivity contribution in [1.82, 2.24) is 5.32 Å². The topological polar surface area (TPSA) is 33.3 Å². The molecule has 0 bridgehead atoms. The van der Waals surface area contributed by atoms with Crippen molar-refractivity contribution in [1.29, 1.82) is 0 Å². The maximum absolute atomic E-state index is 6.48. The maximum Gasteiger partial charge on any atom is 0.138 e. The molecule has 3 aromatic rings. The van der Waals surface area contributed by atoms with E-state index in [0.717, 1.165) is 43.6 Å². The molecule has 5 heteroatoms. The van der Waals surface area contributed by atoms with Gasteiger partial charge in [-0.15, -0.1) is 0 Å². The summed E-state index contributed by atoms with van der Waals surface area (Å²) in [5, 5.41) is 7.79. The van der Waals surface area contributed by atoms with Crippen LogP contribution in [0.15, 0.2) is 60.7 Å². The van der Waals surface area contributed by atoms with Crippen molar-refractivity contribution >= 4 is 39.9 Å². The summed E-state index contributed by atoms with van der Waals surface area (Å²) in [4.78, 5) is 0. The van der Waals surface area contributed by atoms with Crippen LogP contribution in [0.2, 0.25) is 5.02 Å². The van der Waals surface area contributed by atoms with Gasteiger partial charge in [0.15, 0.2) is 0 Å². The van der Waals surface area contributed by atoms with Gasteiger partial charge in [-0.2, -0.15) is 0 Å². The summed E-state index contributed by atoms with van der Waals surface area (Å²) in [6, 6.07) is 20.6. The zero-order valence-corrected chi connectivity index (χ0v) is 19.1. The Hall–Kier alpha value is -1.76. The minimum atomic E-state index is 0.514. The molecule has 0 fully saturated rings. The van der Waals surface area contributed by atoms with Crippen LogP contribution >= 0.6 is 34.2 Å². The van der Waals surface area contributed by atoms with Crippen molar-refractivity contribution in [2.45, 2.75) is 26.0 Å². The van der Waals surface area contributed by atoms with E-state index in [4.69, 9.17) is 16.3 Å². The molecular formula is C24H24ClIN2O. The summed E-state index contributed by atoms with van der Waals surface area (Å²) in [7, 11) is 0. The van der Waals surface area contributed by atoms with E-state index >= 15 is 0 Å². The highest BCUT2D eigenvalue weighted by molar-refractivity contribution is 14.1. The first-order chi connectivity index (χ1) is 14.2. The van der Waals surface area contributed by atoms with E-state index in [-0.39, 0.29) is 0 Å². The number of rotatable bonds is 6. The van der Waals surface area contributed by atoms with Crippen LogP contribution in [-0.2, 0) is 26.0 Å². The summed E-state index contributed by atoms with van der Waals surface area (Å²) in [6.45, 7) is 3.33. The van der Waals surface area contributed by atoms with E-state index < -0.39 is 0 Å². The van der Waals surface area contributed by atoms with Crippen LogP contribution in [0.25, 0.3) is 0 Å². The second-order valence-corrected chi connectivity index (χ2v) is 8.77. The summed E-state index contributed by atoms with van der Waals surface area (Å²) in [5.41, 5.74) is 6.41. The summed E-state index contributed by atoms with van der Waals surface area (Å²) >= 11 is 8.90. The van der Waals surface area contributed by atoms with Gasteiger partial charge in [0, 0.05) is 10.1 Å². The van der Waals surface area contributed by atoms with E-state index in [1.54, 1.807) is 0 Å². The van der Waals surface area contributed by atoms with Gasteiger partial charge < -0.3 is 15.4 Å². The second-order valence-electron chi connectivity index (χ2n) is 7.20. The number of benzene rings is 3. The Morgan fingerprint density at radius 1 is 0.966 bits per heavy atom. The Kier molecular flexibility index (Phi) is 6.95. The Labute approximate surface area is 191 Å². The summed E-state index contributed by atoms with van der Waals surface area (Å²) in [5.74, 6) is 0.716. The fraction of sp³-hybridized carbons (Fsp3) is 0.250. The van der Waals surface area contributed by atoms with E-state index in [0.29, 0.717) is 17.4 Å². The largest absolute Gasteiger partial charge is 0.487 e. The number of fused-ring (bicyclic) bond motifs is 1. The molecule has 1 heterocycles. The molecule has 1 aliphatic heterocycles. The van der Waals surface area contributed by atoms with E-state index in [1.807, 2.05) is 42.5 Å². The van der Waals surface area contributed by atoms with Crippen molar-refractivity contribution in [2.24, 2.45) is 0 Å². The van der Waals surface area contributed by atoms with Gasteiger partial charge in [-0.1, -0.05) is 54.1 Å². The molecule has 150 valence electrons. The van der Waals surface area contributed by atoms with Crippen LogP contribution in [-0.4, -0.2) is 13.1 Å². The summed E-state index contributed by atoms with van der Waals surface area (Å²) in [6.07, 6.45) is 2.14. The van der Waals surface area contributed by atoms with Crippen LogP contribution in [0.3, 0.4) is 0 Å². The van der Waals surface area contributed by atoms with Crippen molar-refractivity contribution in [2.75, 3.05) is 18.4 Å². The van der Waals surface area contributed by atoms with Crippen molar-refractivity contribution < 1.29 is 4.74 Å². The molecule has 0 radical (unpaired) electrons. The minimum Gasteiger partial charge on any atom is -0.487 e. The average molecular weight is 519 g/mol. The van der Waals surface area contributed by atoms with Crippen LogP contribution in [0.5, 0.6) is 5.75 Å². The second kappa shape index (κ2) is 9.83. The van der Waals surface area contributed by atoms with Crippen molar-refractivity contribution in [3.05, 3.63) is 91.5 Å². The van der Waals surface area contributed by atoms with Crippen LogP contribution in [0.1, 0.15) is 22.3 Å². The van der Waals surface area contributed by atoms with Gasteiger partial charge in [0.2, 0.25) is 0 Å². The molecule has 1 aliphatic rings. The highest BCUT2D eigenvalue weighted by atomic mass is 127. The lowest BCUT2D eigenvalue weighted by Crippen LogP contribution is -2.16. The molecule has 0 spiro atoms. The highest BCUT2D eigenvalue weighted by Gasteiger charge is 2.14. The van der Waals surface area contributed by atoms with Gasteiger partial charge in [-0.25, -0.2) is 0 Å². The van der Waals surface area contributed by atoms with Gasteiger partial charge in [0.25, 0.3) is 0 Å². The molecule has 0 aromatic heterocycles. The predicted octanol–water partition coefficient (Wildman–Crippen LogP) is 5.82. The first-order valence-electron chi connectivity index (χ1n) is 9.91. The molecule has 0 amide bonds. The van der Waals surface area contributed by atoms with Gasteiger partial charge in [-0.3, -0.25) is 0 Å². The SMILES string of the molecule is Clc1cc(CNc2c(I)ccc3c2CCNCC3)ccc1OCc1ccccc1. The standard InChI is InChI=1S/C24H24ClIN2O/c25-21-14-18(6-9-23(21)29-16-17-4-2-1-3-5-17)15-28-24-20-11-13-27-12-10-19(20)7-8-22(24)26/h1-9,14,27-28H,10-13,15-16H2. The van der Waals surface area contributed by atoms with E-state index in [2.05, 4.69) is 51.4 Å². The molecule has 2 N–H and O–H groups in total. The van der Waals surface area contributed by atoms with E-state index in [9.17, 15) is 0 Å². The Morgan fingerprint density at radius 2 is 1.79 bits per heavy atom. The highest BCUT2D eigenvalue weighted by Crippen LogP contribution is 2.30. The molecule has 0 saturated carbocycles. The molecule has 0 aliphatic carbocycles. The van der Waals surface area contributed by atoms with Crippen molar-refractivity contribution in [3.63, 3.8) is 0 Å². The zero-order chi connectivity index (χ0) is 20.1. The third-order valence-corrected chi connectivity index (χ3v) is 6.38. The fourth-order valence-electron chi connectivity index (χ4n) is 3.63. The quantitative estimate of drug-likeness (QED) is 0.403. The fourth-order valence-corrected chi connectivity index (χ4v) is 4.59. The predicted molar refractivity (Wildman–Crippen MR) is 129 cm³/mol. The number of halogens is 2. The summed E-state index contributed by atoms with van der Waals surface area (Å²) < 4.78 is 7.15. The number of nitrogens with one attached hydrogen (secondary N) is 2. The lowest BCUT2D eigenvalue weighted by molar-refractivity contribution is 0.306. The van der Waals surface area contributed by atoms with Crippen LogP contribution in [0.4, 0.5) is 5.69 Å². The minimum absolute atomic E-state index is 0.514. The molecule has 3 nitrogen and oxygen atoms in total. The van der Waals surface area contributed by atoms with Gasteiger partial charge in [0.1, 0.15) is 12.4 Å². The van der Waals surface area contributed by atoms with Gasteiger partial charge in [-0.05, 0) is 89.0 Å². The number of ether oxygens (including phenoxy) is 1.